The van der Waals surface area contributed by atoms with Crippen molar-refractivity contribution in [3.63, 3.8) is 0 Å². The van der Waals surface area contributed by atoms with Crippen LogP contribution in [0.25, 0.3) is 135 Å². The van der Waals surface area contributed by atoms with Gasteiger partial charge in [0.2, 0.25) is 0 Å². The van der Waals surface area contributed by atoms with Crippen LogP contribution in [0.2, 0.25) is 0 Å². The third-order valence-electron chi connectivity index (χ3n) is 13.4. The van der Waals surface area contributed by atoms with Crippen LogP contribution in [-0.4, -0.2) is 24.1 Å². The zero-order valence-corrected chi connectivity index (χ0v) is 38.3. The molecular formula is C64H43N5O. The van der Waals surface area contributed by atoms with Crippen LogP contribution in [0.5, 0.6) is 0 Å². The van der Waals surface area contributed by atoms with E-state index in [1.54, 1.807) is 0 Å². The fraction of sp³-hybridized carbons (Fsp3) is 0.0156. The molecule has 4 heterocycles. The minimum atomic E-state index is 0.544. The first-order valence-corrected chi connectivity index (χ1v) is 23.6. The lowest BCUT2D eigenvalue weighted by Crippen LogP contribution is -2.04. The fourth-order valence-electron chi connectivity index (χ4n) is 10.3. The molecule has 0 unspecified atom stereocenters. The summed E-state index contributed by atoms with van der Waals surface area (Å²) >= 11 is 0. The van der Waals surface area contributed by atoms with Crippen molar-refractivity contribution in [2.24, 2.45) is 0 Å². The van der Waals surface area contributed by atoms with Gasteiger partial charge in [0, 0.05) is 66.0 Å². The van der Waals surface area contributed by atoms with Gasteiger partial charge in [-0.25, -0.2) is 15.0 Å². The van der Waals surface area contributed by atoms with Crippen molar-refractivity contribution in [2.75, 3.05) is 0 Å². The minimum Gasteiger partial charge on any atom is -0.456 e. The Bertz CT molecular complexity index is 4120. The molecule has 0 fully saturated rings. The number of rotatable bonds is 9. The van der Waals surface area contributed by atoms with E-state index < -0.39 is 0 Å². The predicted octanol–water partition coefficient (Wildman–Crippen LogP) is 16.8. The summed E-state index contributed by atoms with van der Waals surface area (Å²) in [6, 6.07) is 75.2. The summed E-state index contributed by atoms with van der Waals surface area (Å²) in [5.41, 5.74) is 15.2. The molecule has 0 radical (unpaired) electrons. The number of fused-ring (bicyclic) bond motifs is 7. The first kappa shape index (κ1) is 40.8. The van der Waals surface area contributed by atoms with Crippen molar-refractivity contribution in [1.29, 1.82) is 0 Å². The molecule has 0 aliphatic rings. The second-order valence-electron chi connectivity index (χ2n) is 17.5. The van der Waals surface area contributed by atoms with E-state index in [-0.39, 0.29) is 0 Å². The molecule has 0 saturated carbocycles. The van der Waals surface area contributed by atoms with E-state index in [0.717, 1.165) is 89.2 Å². The molecule has 6 heteroatoms. The third-order valence-corrected chi connectivity index (χ3v) is 13.4. The molecule has 70 heavy (non-hydrogen) atoms. The molecule has 0 bridgehead atoms. The van der Waals surface area contributed by atoms with Crippen molar-refractivity contribution in [1.82, 2.24) is 24.1 Å². The van der Waals surface area contributed by atoms with Gasteiger partial charge in [0.05, 0.1) is 27.8 Å². The molecule has 0 aliphatic heterocycles. The largest absolute Gasteiger partial charge is 0.456 e. The summed E-state index contributed by atoms with van der Waals surface area (Å²) in [6.07, 6.45) is 5.78. The Morgan fingerprint density at radius 1 is 0.414 bits per heavy atom. The lowest BCUT2D eigenvalue weighted by atomic mass is 9.92. The molecule has 0 atom stereocenters. The topological polar surface area (TPSA) is 61.7 Å². The van der Waals surface area contributed by atoms with Crippen LogP contribution in [0.4, 0.5) is 0 Å². The van der Waals surface area contributed by atoms with Crippen molar-refractivity contribution in [3.8, 4) is 67.8 Å². The Kier molecular flexibility index (Phi) is 9.77. The third kappa shape index (κ3) is 6.68. The molecule has 0 amide bonds. The summed E-state index contributed by atoms with van der Waals surface area (Å²) in [6.45, 7) is 6.06. The van der Waals surface area contributed by atoms with Gasteiger partial charge in [0.15, 0.2) is 17.5 Å². The molecule has 0 aliphatic carbocycles. The summed E-state index contributed by atoms with van der Waals surface area (Å²) in [5, 5.41) is 5.71. The van der Waals surface area contributed by atoms with Gasteiger partial charge in [0.1, 0.15) is 11.3 Å². The average Bonchev–Trinajstić information content (AvgIpc) is 4.07. The lowest BCUT2D eigenvalue weighted by Gasteiger charge is -2.21. The van der Waals surface area contributed by atoms with Gasteiger partial charge in [-0.1, -0.05) is 170 Å². The molecule has 13 aromatic rings. The molecule has 4 aromatic heterocycles. The highest BCUT2D eigenvalue weighted by Gasteiger charge is 2.25. The maximum absolute atomic E-state index is 6.39. The Hall–Kier alpha value is -9.39. The van der Waals surface area contributed by atoms with Crippen molar-refractivity contribution in [2.45, 2.75) is 6.92 Å². The highest BCUT2D eigenvalue weighted by Crippen LogP contribution is 2.46. The van der Waals surface area contributed by atoms with E-state index >= 15 is 0 Å². The number of furan rings is 1. The van der Waals surface area contributed by atoms with E-state index in [0.29, 0.717) is 17.5 Å². The number of para-hydroxylation sites is 3. The molecule has 0 N–H and O–H groups in total. The first-order chi connectivity index (χ1) is 34.6. The molecule has 13 rings (SSSR count). The Morgan fingerprint density at radius 2 is 0.900 bits per heavy atom. The maximum Gasteiger partial charge on any atom is 0.164 e. The quantitative estimate of drug-likeness (QED) is 0.145. The SMILES string of the molecule is C=Cc1c(/C=C\C)oc2cc(-c3nc(-c4ccccc4)nc(-c4cc(-c5ccccc5)c(-n5c6ccccc6c6cc7c(cc65)c5ccccc5n7-c5ccccc5)c(-c5ccccc5)c4)n3)ccc12. The van der Waals surface area contributed by atoms with Gasteiger partial charge in [-0.2, -0.15) is 0 Å². The average molecular weight is 898 g/mol. The van der Waals surface area contributed by atoms with Crippen LogP contribution >= 0.6 is 0 Å². The highest BCUT2D eigenvalue weighted by molar-refractivity contribution is 6.19. The van der Waals surface area contributed by atoms with Gasteiger partial charge in [0.25, 0.3) is 0 Å². The summed E-state index contributed by atoms with van der Waals surface area (Å²) < 4.78 is 11.3. The molecule has 9 aromatic carbocycles. The van der Waals surface area contributed by atoms with E-state index in [1.165, 1.54) is 27.1 Å². The van der Waals surface area contributed by atoms with Crippen LogP contribution in [0.1, 0.15) is 18.2 Å². The monoisotopic (exact) mass is 897 g/mol. The maximum atomic E-state index is 6.39. The number of aromatic nitrogens is 5. The summed E-state index contributed by atoms with van der Waals surface area (Å²) in [4.78, 5) is 15.8. The van der Waals surface area contributed by atoms with Crippen LogP contribution in [-0.2, 0) is 0 Å². The first-order valence-electron chi connectivity index (χ1n) is 23.6. The van der Waals surface area contributed by atoms with E-state index in [4.69, 9.17) is 19.4 Å². The normalized spacial score (nSPS) is 11.8. The predicted molar refractivity (Wildman–Crippen MR) is 290 cm³/mol. The Balaban J connectivity index is 1.11. The molecule has 6 nitrogen and oxygen atoms in total. The van der Waals surface area contributed by atoms with Gasteiger partial charge in [-0.3, -0.25) is 0 Å². The highest BCUT2D eigenvalue weighted by atomic mass is 16.3. The van der Waals surface area contributed by atoms with Gasteiger partial charge in [-0.15, -0.1) is 0 Å². The van der Waals surface area contributed by atoms with Crippen LogP contribution in [0.15, 0.2) is 229 Å². The number of hydrogen-bond acceptors (Lipinski definition) is 4. The number of nitrogens with zero attached hydrogens (tertiary/aromatic N) is 5. The summed E-state index contributed by atoms with van der Waals surface area (Å²) in [5.74, 6) is 2.44. The molecular weight excluding hydrogens is 855 g/mol. The molecule has 0 saturated heterocycles. The van der Waals surface area contributed by atoms with Gasteiger partial charge < -0.3 is 13.6 Å². The van der Waals surface area contributed by atoms with Crippen LogP contribution < -0.4 is 0 Å². The molecule has 330 valence electrons. The Morgan fingerprint density at radius 3 is 1.47 bits per heavy atom. The van der Waals surface area contributed by atoms with Crippen molar-refractivity contribution < 1.29 is 4.42 Å². The standard InChI is InChI=1S/C64H43N5O/c1-3-21-59-47(4-2)50-35-34-44(38-60(50)70-59)63-65-62(43-26-13-7-14-27-43)66-64(67-63)45-36-51(41-22-9-5-10-23-41)61(52(37-45)42-24-11-6-12-25-42)69-56-33-20-18-31-49(56)54-39-57-53(40-58(54)69)48-30-17-19-32-55(48)68(57)46-28-15-8-16-29-46/h3-40H,2H2,1H3/b21-3-. The van der Waals surface area contributed by atoms with Crippen molar-refractivity contribution >= 4 is 66.7 Å². The second-order valence-corrected chi connectivity index (χ2v) is 17.5. The lowest BCUT2D eigenvalue weighted by molar-refractivity contribution is 0.603. The number of hydrogen-bond donors (Lipinski definition) is 0. The minimum absolute atomic E-state index is 0.544. The van der Waals surface area contributed by atoms with Crippen LogP contribution in [0.3, 0.4) is 0 Å². The van der Waals surface area contributed by atoms with E-state index in [9.17, 15) is 0 Å². The smallest absolute Gasteiger partial charge is 0.164 e. The second kappa shape index (κ2) is 16.7. The zero-order valence-electron chi connectivity index (χ0n) is 38.3. The van der Waals surface area contributed by atoms with E-state index in [2.05, 4.69) is 192 Å². The Labute approximate surface area is 404 Å². The van der Waals surface area contributed by atoms with Crippen molar-refractivity contribution in [3.05, 3.63) is 236 Å². The number of benzene rings is 9. The van der Waals surface area contributed by atoms with E-state index in [1.807, 2.05) is 61.5 Å². The molecule has 0 spiro atoms. The summed E-state index contributed by atoms with van der Waals surface area (Å²) in [7, 11) is 0. The van der Waals surface area contributed by atoms with Crippen LogP contribution in [0, 0.1) is 0 Å². The van der Waals surface area contributed by atoms with Gasteiger partial charge >= 0.3 is 0 Å². The van der Waals surface area contributed by atoms with Gasteiger partial charge in [-0.05, 0) is 84.8 Å². The zero-order chi connectivity index (χ0) is 46.7. The number of allylic oxidation sites excluding steroid dienone is 1. The fourth-order valence-corrected chi connectivity index (χ4v) is 10.3.